The van der Waals surface area contributed by atoms with Crippen LogP contribution in [0.25, 0.3) is 0 Å². The Labute approximate surface area is 114 Å². The van der Waals surface area contributed by atoms with Gasteiger partial charge < -0.3 is 0 Å². The standard InChI is InChI=1S/C13H11ClN4O/c14-12-11(7-15-18-13(12)19)17-16-10-5-8-3-1-2-4-9(8)6-10/h1-4,7H,5-6H2,(H2,17,18,19). The van der Waals surface area contributed by atoms with Gasteiger partial charge in [-0.1, -0.05) is 35.9 Å². The van der Waals surface area contributed by atoms with E-state index < -0.39 is 5.56 Å². The Kier molecular flexibility index (Phi) is 3.05. The number of aromatic amines is 1. The first-order valence-corrected chi connectivity index (χ1v) is 6.23. The number of nitrogens with one attached hydrogen (secondary N) is 2. The first-order chi connectivity index (χ1) is 9.24. The molecule has 6 heteroatoms. The molecule has 0 radical (unpaired) electrons. The third-order valence-electron chi connectivity index (χ3n) is 3.04. The zero-order chi connectivity index (χ0) is 13.2. The summed E-state index contributed by atoms with van der Waals surface area (Å²) >= 11 is 5.85. The Morgan fingerprint density at radius 1 is 1.26 bits per heavy atom. The van der Waals surface area contributed by atoms with Crippen LogP contribution in [0.15, 0.2) is 40.4 Å². The molecule has 0 amide bonds. The number of hydrogen-bond donors (Lipinski definition) is 2. The third-order valence-corrected chi connectivity index (χ3v) is 3.41. The summed E-state index contributed by atoms with van der Waals surface area (Å²) in [5.41, 5.74) is 6.38. The van der Waals surface area contributed by atoms with Crippen LogP contribution in [-0.4, -0.2) is 15.9 Å². The number of anilines is 1. The zero-order valence-corrected chi connectivity index (χ0v) is 10.7. The quantitative estimate of drug-likeness (QED) is 0.823. The van der Waals surface area contributed by atoms with Crippen molar-refractivity contribution in [3.8, 4) is 0 Å². The van der Waals surface area contributed by atoms with E-state index in [1.165, 1.54) is 17.3 Å². The van der Waals surface area contributed by atoms with Crippen molar-refractivity contribution in [1.82, 2.24) is 10.2 Å². The smallest absolute Gasteiger partial charge is 0.275 e. The molecule has 1 aromatic carbocycles. The molecule has 2 aromatic rings. The van der Waals surface area contributed by atoms with Crippen molar-refractivity contribution >= 4 is 23.0 Å². The lowest BCUT2D eigenvalue weighted by Crippen LogP contribution is -2.11. The van der Waals surface area contributed by atoms with Gasteiger partial charge >= 0.3 is 0 Å². The Balaban J connectivity index is 1.79. The maximum absolute atomic E-state index is 11.3. The van der Waals surface area contributed by atoms with E-state index in [1.54, 1.807) is 0 Å². The minimum Gasteiger partial charge on any atom is -0.275 e. The van der Waals surface area contributed by atoms with E-state index in [0.29, 0.717) is 5.69 Å². The number of hydrogen-bond acceptors (Lipinski definition) is 4. The zero-order valence-electron chi connectivity index (χ0n) is 9.98. The SMILES string of the molecule is O=c1[nH]ncc(NN=C2Cc3ccccc3C2)c1Cl. The summed E-state index contributed by atoms with van der Waals surface area (Å²) in [5.74, 6) is 0. The molecule has 1 aliphatic carbocycles. The van der Waals surface area contributed by atoms with Crippen molar-refractivity contribution in [2.45, 2.75) is 12.8 Å². The largest absolute Gasteiger partial charge is 0.285 e. The number of aromatic nitrogens is 2. The summed E-state index contributed by atoms with van der Waals surface area (Å²) in [4.78, 5) is 11.3. The summed E-state index contributed by atoms with van der Waals surface area (Å²) in [6.07, 6.45) is 3.07. The average Bonchev–Trinajstić information content (AvgIpc) is 2.83. The van der Waals surface area contributed by atoms with Gasteiger partial charge in [0.25, 0.3) is 5.56 Å². The fourth-order valence-electron chi connectivity index (χ4n) is 2.08. The van der Waals surface area contributed by atoms with Gasteiger partial charge in [0.05, 0.1) is 6.20 Å². The molecule has 0 saturated heterocycles. The minimum absolute atomic E-state index is 0.0647. The van der Waals surface area contributed by atoms with Crippen molar-refractivity contribution in [3.63, 3.8) is 0 Å². The second-order valence-corrected chi connectivity index (χ2v) is 4.72. The normalized spacial score (nSPS) is 13.2. The molecule has 0 spiro atoms. The molecule has 0 aliphatic heterocycles. The van der Waals surface area contributed by atoms with Crippen LogP contribution in [0.3, 0.4) is 0 Å². The lowest BCUT2D eigenvalue weighted by molar-refractivity contribution is 0.986. The molecule has 0 saturated carbocycles. The van der Waals surface area contributed by atoms with E-state index in [1.807, 2.05) is 12.1 Å². The van der Waals surface area contributed by atoms with Gasteiger partial charge in [0.1, 0.15) is 10.7 Å². The highest BCUT2D eigenvalue weighted by atomic mass is 35.5. The van der Waals surface area contributed by atoms with Crippen molar-refractivity contribution < 1.29 is 0 Å². The summed E-state index contributed by atoms with van der Waals surface area (Å²) in [6.45, 7) is 0. The number of nitrogens with zero attached hydrogens (tertiary/aromatic N) is 2. The van der Waals surface area contributed by atoms with Crippen LogP contribution >= 0.6 is 11.6 Å². The fraction of sp³-hybridized carbons (Fsp3) is 0.154. The number of hydrazone groups is 1. The summed E-state index contributed by atoms with van der Waals surface area (Å²) in [6, 6.07) is 8.23. The Hall–Kier alpha value is -2.14. The molecule has 1 heterocycles. The molecular formula is C13H11ClN4O. The molecule has 3 rings (SSSR count). The molecule has 0 unspecified atom stereocenters. The van der Waals surface area contributed by atoms with Gasteiger partial charge in [0, 0.05) is 18.6 Å². The highest BCUT2D eigenvalue weighted by Crippen LogP contribution is 2.20. The molecular weight excluding hydrogens is 264 g/mol. The van der Waals surface area contributed by atoms with Crippen molar-refractivity contribution in [2.24, 2.45) is 5.10 Å². The summed E-state index contributed by atoms with van der Waals surface area (Å²) in [5, 5.41) is 10.3. The van der Waals surface area contributed by atoms with E-state index in [4.69, 9.17) is 11.6 Å². The second kappa shape index (κ2) is 4.85. The van der Waals surface area contributed by atoms with Gasteiger partial charge in [-0.15, -0.1) is 0 Å². The van der Waals surface area contributed by atoms with Gasteiger partial charge in [-0.3, -0.25) is 10.2 Å². The van der Waals surface area contributed by atoms with Gasteiger partial charge in [-0.05, 0) is 11.1 Å². The van der Waals surface area contributed by atoms with Crippen LogP contribution in [0.4, 0.5) is 5.69 Å². The lowest BCUT2D eigenvalue weighted by atomic mass is 10.1. The van der Waals surface area contributed by atoms with Crippen LogP contribution in [0, 0.1) is 0 Å². The molecule has 0 atom stereocenters. The maximum atomic E-state index is 11.3. The number of fused-ring (bicyclic) bond motifs is 1. The average molecular weight is 275 g/mol. The van der Waals surface area contributed by atoms with Gasteiger partial charge in [0.2, 0.25) is 0 Å². The molecule has 5 nitrogen and oxygen atoms in total. The number of rotatable bonds is 2. The molecule has 1 aromatic heterocycles. The molecule has 19 heavy (non-hydrogen) atoms. The van der Waals surface area contributed by atoms with E-state index >= 15 is 0 Å². The van der Waals surface area contributed by atoms with Crippen LogP contribution in [0.5, 0.6) is 0 Å². The molecule has 0 bridgehead atoms. The van der Waals surface area contributed by atoms with Crippen LogP contribution in [0.1, 0.15) is 11.1 Å². The Morgan fingerprint density at radius 2 is 1.95 bits per heavy atom. The van der Waals surface area contributed by atoms with E-state index in [0.717, 1.165) is 18.6 Å². The molecule has 2 N–H and O–H groups in total. The topological polar surface area (TPSA) is 70.1 Å². The predicted octanol–water partition coefficient (Wildman–Crippen LogP) is 1.99. The Morgan fingerprint density at radius 3 is 2.63 bits per heavy atom. The van der Waals surface area contributed by atoms with Crippen molar-refractivity contribution in [1.29, 1.82) is 0 Å². The summed E-state index contributed by atoms with van der Waals surface area (Å²) in [7, 11) is 0. The lowest BCUT2D eigenvalue weighted by Gasteiger charge is -2.02. The second-order valence-electron chi connectivity index (χ2n) is 4.34. The van der Waals surface area contributed by atoms with Crippen molar-refractivity contribution in [2.75, 3.05) is 5.43 Å². The predicted molar refractivity (Wildman–Crippen MR) is 74.8 cm³/mol. The van der Waals surface area contributed by atoms with Crippen LogP contribution in [0.2, 0.25) is 5.02 Å². The monoisotopic (exact) mass is 274 g/mol. The third kappa shape index (κ3) is 2.37. The van der Waals surface area contributed by atoms with Gasteiger partial charge in [-0.2, -0.15) is 10.2 Å². The van der Waals surface area contributed by atoms with E-state index in [2.05, 4.69) is 32.9 Å². The molecule has 96 valence electrons. The highest BCUT2D eigenvalue weighted by Gasteiger charge is 2.16. The van der Waals surface area contributed by atoms with Gasteiger partial charge in [0.15, 0.2) is 0 Å². The maximum Gasteiger partial charge on any atom is 0.285 e. The molecule has 0 fully saturated rings. The number of H-pyrrole nitrogens is 1. The van der Waals surface area contributed by atoms with Crippen LogP contribution < -0.4 is 11.0 Å². The number of benzene rings is 1. The first kappa shape index (κ1) is 11.9. The Bertz CT molecular complexity index is 681. The minimum atomic E-state index is -0.429. The highest BCUT2D eigenvalue weighted by molar-refractivity contribution is 6.32. The fourth-order valence-corrected chi connectivity index (χ4v) is 2.22. The van der Waals surface area contributed by atoms with Crippen molar-refractivity contribution in [3.05, 3.63) is 57.0 Å². The van der Waals surface area contributed by atoms with Gasteiger partial charge in [-0.25, -0.2) is 5.10 Å². The first-order valence-electron chi connectivity index (χ1n) is 5.85. The number of halogens is 1. The van der Waals surface area contributed by atoms with Crippen LogP contribution in [-0.2, 0) is 12.8 Å². The van der Waals surface area contributed by atoms with E-state index in [-0.39, 0.29) is 5.02 Å². The molecule has 1 aliphatic rings. The van der Waals surface area contributed by atoms with E-state index in [9.17, 15) is 4.79 Å². The summed E-state index contributed by atoms with van der Waals surface area (Å²) < 4.78 is 0.